The number of amides is 1. The van der Waals surface area contributed by atoms with Gasteiger partial charge in [-0.1, -0.05) is 11.6 Å². The second kappa shape index (κ2) is 10.5. The molecule has 0 saturated carbocycles. The fourth-order valence-electron chi connectivity index (χ4n) is 2.37. The Morgan fingerprint density at radius 1 is 1.17 bits per heavy atom. The molecule has 0 aliphatic heterocycles. The molecule has 3 aromatic rings. The van der Waals surface area contributed by atoms with Crippen molar-refractivity contribution < 1.29 is 19.8 Å². The van der Waals surface area contributed by atoms with Crippen LogP contribution in [0.4, 0.5) is 11.4 Å². The van der Waals surface area contributed by atoms with Gasteiger partial charge in [0.2, 0.25) is 6.41 Å². The third kappa shape index (κ3) is 5.97. The van der Waals surface area contributed by atoms with Gasteiger partial charge in [0.15, 0.2) is 0 Å². The van der Waals surface area contributed by atoms with Gasteiger partial charge in [-0.25, -0.2) is 4.79 Å². The second-order valence-corrected chi connectivity index (χ2v) is 6.57. The number of aryl methyl sites for hydroxylation is 1. The number of hydrogen-bond acceptors (Lipinski definition) is 5. The average Bonchev–Trinajstić information content (AvgIpc) is 2.67. The van der Waals surface area contributed by atoms with Gasteiger partial charge in [0, 0.05) is 36.4 Å². The number of pyridine rings is 1. The molecule has 0 spiro atoms. The molecule has 1 heterocycles. The predicted octanol–water partition coefficient (Wildman–Crippen LogP) is 4.47. The highest BCUT2D eigenvalue weighted by molar-refractivity contribution is 6.32. The van der Waals surface area contributed by atoms with Crippen molar-refractivity contribution in [3.05, 3.63) is 58.7 Å². The molecule has 3 N–H and O–H groups in total. The molecule has 1 aromatic heterocycles. The average molecular weight is 438 g/mol. The van der Waals surface area contributed by atoms with Crippen LogP contribution in [0.2, 0.25) is 5.02 Å². The van der Waals surface area contributed by atoms with Gasteiger partial charge in [-0.2, -0.15) is 0 Å². The molecule has 0 atom stereocenters. The lowest BCUT2D eigenvalue weighted by atomic mass is 10.1. The van der Waals surface area contributed by atoms with Crippen LogP contribution in [0.15, 0.2) is 42.6 Å². The Morgan fingerprint density at radius 3 is 2.28 bits per heavy atom. The number of aromatic carboxylic acids is 1. The van der Waals surface area contributed by atoms with E-state index in [0.717, 1.165) is 12.0 Å². The number of aromatic hydroxyl groups is 1. The van der Waals surface area contributed by atoms with Gasteiger partial charge in [-0.3, -0.25) is 9.78 Å². The zero-order valence-electron chi connectivity index (χ0n) is 16.0. The van der Waals surface area contributed by atoms with Gasteiger partial charge in [0.25, 0.3) is 0 Å². The van der Waals surface area contributed by atoms with Gasteiger partial charge >= 0.3 is 5.97 Å². The largest absolute Gasteiger partial charge is 0.508 e. The molecular formula is C20H21Cl2N3O4. The third-order valence-corrected chi connectivity index (χ3v) is 4.21. The van der Waals surface area contributed by atoms with Crippen molar-refractivity contribution in [2.24, 2.45) is 0 Å². The maximum Gasteiger partial charge on any atom is 0.339 e. The number of phenols is 1. The summed E-state index contributed by atoms with van der Waals surface area (Å²) >= 11 is 6.12. The van der Waals surface area contributed by atoms with E-state index in [1.165, 1.54) is 23.2 Å². The van der Waals surface area contributed by atoms with Crippen LogP contribution in [0.3, 0.4) is 0 Å². The summed E-state index contributed by atoms with van der Waals surface area (Å²) in [6, 6.07) is 9.83. The Morgan fingerprint density at radius 2 is 1.76 bits per heavy atom. The van der Waals surface area contributed by atoms with Crippen LogP contribution < -0.4 is 5.32 Å². The molecule has 29 heavy (non-hydrogen) atoms. The molecule has 7 nitrogen and oxygen atoms in total. The van der Waals surface area contributed by atoms with Crippen molar-refractivity contribution in [1.82, 2.24) is 9.88 Å². The van der Waals surface area contributed by atoms with Crippen molar-refractivity contribution in [3.63, 3.8) is 0 Å². The fourth-order valence-corrected chi connectivity index (χ4v) is 2.52. The zero-order chi connectivity index (χ0) is 20.8. The van der Waals surface area contributed by atoms with E-state index in [0.29, 0.717) is 27.3 Å². The summed E-state index contributed by atoms with van der Waals surface area (Å²) in [5.74, 6) is -0.940. The van der Waals surface area contributed by atoms with Crippen LogP contribution >= 0.6 is 24.0 Å². The summed E-state index contributed by atoms with van der Waals surface area (Å²) < 4.78 is 0. The topological polar surface area (TPSA) is 103 Å². The number of nitrogens with one attached hydrogen (secondary N) is 1. The monoisotopic (exact) mass is 437 g/mol. The standard InChI is InChI=1S/C17H13ClN2O3.C3H7NO.ClH/c1-9-14(18)7-6-12-15(9)19-8-13(17(22)23)16(12)20-10-2-4-11(21)5-3-10;1-4(2)3-5;/h2-8,21H,1H3,(H,19,20)(H,22,23);3H,1-2H3;1H. The number of halogens is 2. The van der Waals surface area contributed by atoms with Gasteiger partial charge in [-0.05, 0) is 48.9 Å². The van der Waals surface area contributed by atoms with Crippen LogP contribution in [-0.4, -0.2) is 46.6 Å². The Labute approximate surface area is 179 Å². The minimum Gasteiger partial charge on any atom is -0.508 e. The first-order valence-corrected chi connectivity index (χ1v) is 8.61. The summed E-state index contributed by atoms with van der Waals surface area (Å²) in [7, 11) is 3.38. The van der Waals surface area contributed by atoms with E-state index in [1.807, 2.05) is 6.92 Å². The van der Waals surface area contributed by atoms with Gasteiger partial charge < -0.3 is 20.4 Å². The maximum atomic E-state index is 11.5. The zero-order valence-corrected chi connectivity index (χ0v) is 17.6. The molecule has 154 valence electrons. The molecule has 0 aliphatic rings. The van der Waals surface area contributed by atoms with E-state index in [4.69, 9.17) is 11.6 Å². The number of anilines is 2. The minimum atomic E-state index is -1.08. The summed E-state index contributed by atoms with van der Waals surface area (Å²) in [6.45, 7) is 1.84. The van der Waals surface area contributed by atoms with E-state index in [9.17, 15) is 19.8 Å². The molecule has 0 bridgehead atoms. The summed E-state index contributed by atoms with van der Waals surface area (Å²) in [6.07, 6.45) is 2.07. The molecule has 0 unspecified atom stereocenters. The van der Waals surface area contributed by atoms with Crippen molar-refractivity contribution in [2.45, 2.75) is 6.92 Å². The predicted molar refractivity (Wildman–Crippen MR) is 117 cm³/mol. The number of carbonyl (C=O) groups excluding carboxylic acids is 1. The van der Waals surface area contributed by atoms with Crippen LogP contribution in [0, 0.1) is 6.92 Å². The highest BCUT2D eigenvalue weighted by Crippen LogP contribution is 2.33. The number of carboxylic acid groups (broad SMARTS) is 1. The van der Waals surface area contributed by atoms with E-state index in [1.54, 1.807) is 38.4 Å². The van der Waals surface area contributed by atoms with E-state index in [-0.39, 0.29) is 23.7 Å². The van der Waals surface area contributed by atoms with Crippen molar-refractivity contribution in [3.8, 4) is 5.75 Å². The molecule has 0 fully saturated rings. The van der Waals surface area contributed by atoms with Crippen LogP contribution in [0.5, 0.6) is 5.75 Å². The Balaban J connectivity index is 0.000000628. The maximum absolute atomic E-state index is 11.5. The summed E-state index contributed by atoms with van der Waals surface area (Å²) in [5.41, 5.74) is 2.59. The van der Waals surface area contributed by atoms with E-state index >= 15 is 0 Å². The first kappa shape index (κ1) is 24.0. The number of hydrogen-bond donors (Lipinski definition) is 3. The molecule has 0 radical (unpaired) electrons. The van der Waals surface area contributed by atoms with Crippen molar-refractivity contribution in [1.29, 1.82) is 0 Å². The number of carboxylic acids is 1. The van der Waals surface area contributed by atoms with Crippen LogP contribution in [0.25, 0.3) is 10.9 Å². The van der Waals surface area contributed by atoms with Crippen molar-refractivity contribution >= 4 is 58.7 Å². The lowest BCUT2D eigenvalue weighted by Crippen LogP contribution is -2.06. The Bertz CT molecular complexity index is 1010. The Kier molecular flexibility index (Phi) is 8.69. The highest BCUT2D eigenvalue weighted by Gasteiger charge is 2.16. The highest BCUT2D eigenvalue weighted by atomic mass is 35.5. The smallest absolute Gasteiger partial charge is 0.339 e. The van der Waals surface area contributed by atoms with Crippen LogP contribution in [-0.2, 0) is 4.79 Å². The molecule has 0 aliphatic carbocycles. The number of benzene rings is 2. The summed E-state index contributed by atoms with van der Waals surface area (Å²) in [4.78, 5) is 26.6. The minimum absolute atomic E-state index is 0. The number of rotatable bonds is 4. The molecule has 1 amide bonds. The lowest BCUT2D eigenvalue weighted by molar-refractivity contribution is -0.115. The number of phenolic OH excluding ortho intramolecular Hbond substituents is 1. The Hall–Kier alpha value is -3.03. The quantitative estimate of drug-likeness (QED) is 0.410. The van der Waals surface area contributed by atoms with E-state index < -0.39 is 5.97 Å². The van der Waals surface area contributed by atoms with Gasteiger partial charge in [0.05, 0.1) is 11.2 Å². The number of aromatic nitrogens is 1. The number of fused-ring (bicyclic) bond motifs is 1. The second-order valence-electron chi connectivity index (χ2n) is 6.16. The number of carbonyl (C=O) groups is 2. The molecule has 2 aromatic carbocycles. The molecule has 3 rings (SSSR count). The van der Waals surface area contributed by atoms with Gasteiger partial charge in [-0.15, -0.1) is 12.4 Å². The SMILES string of the molecule is CN(C)C=O.Cc1c(Cl)ccc2c(Nc3ccc(O)cc3)c(C(=O)O)cnc12.Cl. The van der Waals surface area contributed by atoms with Crippen LogP contribution in [0.1, 0.15) is 15.9 Å². The van der Waals surface area contributed by atoms with E-state index in [2.05, 4.69) is 10.3 Å². The van der Waals surface area contributed by atoms with Gasteiger partial charge in [0.1, 0.15) is 11.3 Å². The first-order chi connectivity index (χ1) is 13.2. The van der Waals surface area contributed by atoms with Crippen molar-refractivity contribution in [2.75, 3.05) is 19.4 Å². The first-order valence-electron chi connectivity index (χ1n) is 8.23. The number of nitrogens with zero attached hydrogens (tertiary/aromatic N) is 2. The third-order valence-electron chi connectivity index (χ3n) is 3.80. The fraction of sp³-hybridized carbons (Fsp3) is 0.150. The molecule has 9 heteroatoms. The lowest BCUT2D eigenvalue weighted by Gasteiger charge is -2.14. The summed E-state index contributed by atoms with van der Waals surface area (Å²) in [5, 5.41) is 23.1. The molecule has 0 saturated heterocycles. The normalized spacial score (nSPS) is 9.66. The molecular weight excluding hydrogens is 417 g/mol.